The van der Waals surface area contributed by atoms with E-state index in [2.05, 4.69) is 5.32 Å². The first-order valence-electron chi connectivity index (χ1n) is 10.6. The number of sulfonamides is 1. The summed E-state index contributed by atoms with van der Waals surface area (Å²) in [5, 5.41) is 3.00. The van der Waals surface area contributed by atoms with E-state index in [0.717, 1.165) is 23.2 Å². The quantitative estimate of drug-likeness (QED) is 0.780. The van der Waals surface area contributed by atoms with Gasteiger partial charge in [0.1, 0.15) is 0 Å². The lowest BCUT2D eigenvalue weighted by molar-refractivity contribution is -0.120. The summed E-state index contributed by atoms with van der Waals surface area (Å²) in [5.74, 6) is 0.759. The first-order chi connectivity index (χ1) is 14.8. The summed E-state index contributed by atoms with van der Waals surface area (Å²) in [4.78, 5) is 12.9. The number of hydrogen-bond donors (Lipinski definition) is 1. The van der Waals surface area contributed by atoms with Gasteiger partial charge in [0, 0.05) is 37.2 Å². The normalized spacial score (nSPS) is 17.7. The van der Waals surface area contributed by atoms with Crippen LogP contribution in [0.3, 0.4) is 0 Å². The Labute approximate surface area is 183 Å². The van der Waals surface area contributed by atoms with Crippen molar-refractivity contribution in [2.45, 2.75) is 38.0 Å². The van der Waals surface area contributed by atoms with E-state index in [1.54, 1.807) is 12.1 Å². The van der Waals surface area contributed by atoms with Gasteiger partial charge in [-0.1, -0.05) is 17.7 Å². The zero-order valence-electron chi connectivity index (χ0n) is 17.9. The van der Waals surface area contributed by atoms with Crippen molar-refractivity contribution in [1.29, 1.82) is 0 Å². The molecule has 0 unspecified atom stereocenters. The van der Waals surface area contributed by atoms with Crippen molar-refractivity contribution in [3.8, 4) is 11.5 Å². The number of ether oxygens (including phenoxy) is 2. The zero-order chi connectivity index (χ0) is 22.0. The number of anilines is 1. The molecule has 8 heteroatoms. The Balaban J connectivity index is 1.41. The van der Waals surface area contributed by atoms with Crippen LogP contribution in [0.5, 0.6) is 11.5 Å². The van der Waals surface area contributed by atoms with E-state index < -0.39 is 10.0 Å². The predicted octanol–water partition coefficient (Wildman–Crippen LogP) is 3.50. The number of carbonyl (C=O) groups excluding carboxylic acids is 1. The van der Waals surface area contributed by atoms with E-state index >= 15 is 0 Å². The van der Waals surface area contributed by atoms with E-state index in [9.17, 15) is 13.2 Å². The number of carbonyl (C=O) groups is 1. The fraction of sp³-hybridized carbons (Fsp3) is 0.435. The molecule has 2 heterocycles. The minimum atomic E-state index is -3.66. The molecule has 0 aromatic heterocycles. The number of fused-ring (bicyclic) bond motifs is 1. The molecule has 0 saturated carbocycles. The molecule has 1 N–H and O–H groups in total. The monoisotopic (exact) mass is 444 g/mol. The molecule has 0 atom stereocenters. The molecule has 31 heavy (non-hydrogen) atoms. The maximum atomic E-state index is 13.1. The molecule has 7 nitrogen and oxygen atoms in total. The summed E-state index contributed by atoms with van der Waals surface area (Å²) >= 11 is 0. The molecule has 0 bridgehead atoms. The van der Waals surface area contributed by atoms with Crippen LogP contribution >= 0.6 is 0 Å². The SMILES string of the molecule is Cc1ccc(NC(=O)C2CCN(S(=O)(=O)c3ccc4c(c3)OCCCO4)CC2)c(C)c1. The summed E-state index contributed by atoms with van der Waals surface area (Å²) in [5.41, 5.74) is 2.96. The molecule has 166 valence electrons. The van der Waals surface area contributed by atoms with Crippen LogP contribution < -0.4 is 14.8 Å². The lowest BCUT2D eigenvalue weighted by Gasteiger charge is -2.30. The highest BCUT2D eigenvalue weighted by molar-refractivity contribution is 7.89. The molecule has 1 fully saturated rings. The highest BCUT2D eigenvalue weighted by Gasteiger charge is 2.33. The smallest absolute Gasteiger partial charge is 0.243 e. The van der Waals surface area contributed by atoms with Gasteiger partial charge in [0.25, 0.3) is 0 Å². The van der Waals surface area contributed by atoms with Crippen LogP contribution in [0.4, 0.5) is 5.69 Å². The van der Waals surface area contributed by atoms with Crippen molar-refractivity contribution in [2.24, 2.45) is 5.92 Å². The number of rotatable bonds is 4. The van der Waals surface area contributed by atoms with Crippen LogP contribution in [0.1, 0.15) is 30.4 Å². The maximum Gasteiger partial charge on any atom is 0.243 e. The van der Waals surface area contributed by atoms with Gasteiger partial charge in [0.2, 0.25) is 15.9 Å². The Morgan fingerprint density at radius 2 is 1.71 bits per heavy atom. The van der Waals surface area contributed by atoms with E-state index in [1.807, 2.05) is 32.0 Å². The first kappa shape index (κ1) is 21.6. The van der Waals surface area contributed by atoms with Crippen LogP contribution in [0.15, 0.2) is 41.3 Å². The highest BCUT2D eigenvalue weighted by atomic mass is 32.2. The number of piperidine rings is 1. The average molecular weight is 445 g/mol. The zero-order valence-corrected chi connectivity index (χ0v) is 18.7. The van der Waals surface area contributed by atoms with Gasteiger partial charge in [-0.25, -0.2) is 8.42 Å². The average Bonchev–Trinajstić information content (AvgIpc) is 3.00. The van der Waals surface area contributed by atoms with Crippen molar-refractivity contribution in [2.75, 3.05) is 31.6 Å². The second-order valence-corrected chi connectivity index (χ2v) is 10.1. The topological polar surface area (TPSA) is 84.9 Å². The van der Waals surface area contributed by atoms with Crippen LogP contribution in [-0.4, -0.2) is 44.9 Å². The number of nitrogens with zero attached hydrogens (tertiary/aromatic N) is 1. The highest BCUT2D eigenvalue weighted by Crippen LogP contribution is 2.34. The number of nitrogens with one attached hydrogen (secondary N) is 1. The maximum absolute atomic E-state index is 13.1. The number of benzene rings is 2. The van der Waals surface area contributed by atoms with Crippen molar-refractivity contribution in [3.63, 3.8) is 0 Å². The Hall–Kier alpha value is -2.58. The summed E-state index contributed by atoms with van der Waals surface area (Å²) in [7, 11) is -3.66. The van der Waals surface area contributed by atoms with Crippen molar-refractivity contribution in [3.05, 3.63) is 47.5 Å². The first-order valence-corrected chi connectivity index (χ1v) is 12.1. The third kappa shape index (κ3) is 4.70. The molecule has 2 aromatic rings. The Bertz CT molecular complexity index is 1080. The van der Waals surface area contributed by atoms with Crippen molar-refractivity contribution < 1.29 is 22.7 Å². The summed E-state index contributed by atoms with van der Waals surface area (Å²) in [6.07, 6.45) is 1.73. The minimum absolute atomic E-state index is 0.0559. The molecule has 0 radical (unpaired) electrons. The van der Waals surface area contributed by atoms with E-state index in [1.165, 1.54) is 10.4 Å². The molecule has 1 amide bonds. The third-order valence-electron chi connectivity index (χ3n) is 5.82. The lowest BCUT2D eigenvalue weighted by atomic mass is 9.97. The van der Waals surface area contributed by atoms with Gasteiger partial charge in [-0.2, -0.15) is 4.31 Å². The summed E-state index contributed by atoms with van der Waals surface area (Å²) in [6, 6.07) is 10.6. The fourth-order valence-corrected chi connectivity index (χ4v) is 5.49. The summed E-state index contributed by atoms with van der Waals surface area (Å²) < 4.78 is 38.9. The Morgan fingerprint density at radius 1 is 1.00 bits per heavy atom. The van der Waals surface area contributed by atoms with E-state index in [4.69, 9.17) is 9.47 Å². The molecule has 1 saturated heterocycles. The molecular weight excluding hydrogens is 416 g/mol. The molecule has 0 aliphatic carbocycles. The summed E-state index contributed by atoms with van der Waals surface area (Å²) in [6.45, 7) is 5.64. The molecule has 2 aliphatic heterocycles. The molecule has 2 aliphatic rings. The van der Waals surface area contributed by atoms with Gasteiger partial charge in [-0.15, -0.1) is 0 Å². The third-order valence-corrected chi connectivity index (χ3v) is 7.72. The van der Waals surface area contributed by atoms with E-state index in [0.29, 0.717) is 50.6 Å². The van der Waals surface area contributed by atoms with Crippen LogP contribution in [0.25, 0.3) is 0 Å². The number of aryl methyl sites for hydroxylation is 2. The molecular formula is C23H28N2O5S. The molecule has 4 rings (SSSR count). The van der Waals surface area contributed by atoms with Gasteiger partial charge in [0.15, 0.2) is 11.5 Å². The predicted molar refractivity (Wildman–Crippen MR) is 118 cm³/mol. The fourth-order valence-electron chi connectivity index (χ4n) is 4.00. The lowest BCUT2D eigenvalue weighted by Crippen LogP contribution is -2.41. The van der Waals surface area contributed by atoms with Gasteiger partial charge in [-0.3, -0.25) is 4.79 Å². The van der Waals surface area contributed by atoms with Crippen LogP contribution in [0.2, 0.25) is 0 Å². The largest absolute Gasteiger partial charge is 0.490 e. The van der Waals surface area contributed by atoms with Crippen LogP contribution in [-0.2, 0) is 14.8 Å². The molecule has 0 spiro atoms. The number of amides is 1. The Morgan fingerprint density at radius 3 is 2.42 bits per heavy atom. The van der Waals surface area contributed by atoms with Crippen molar-refractivity contribution in [1.82, 2.24) is 4.31 Å². The van der Waals surface area contributed by atoms with Gasteiger partial charge in [-0.05, 0) is 50.5 Å². The van der Waals surface area contributed by atoms with Gasteiger partial charge in [0.05, 0.1) is 18.1 Å². The second-order valence-electron chi connectivity index (χ2n) is 8.15. The van der Waals surface area contributed by atoms with Crippen LogP contribution in [0, 0.1) is 19.8 Å². The number of hydrogen-bond acceptors (Lipinski definition) is 5. The van der Waals surface area contributed by atoms with Gasteiger partial charge < -0.3 is 14.8 Å². The Kier molecular flexibility index (Phi) is 6.20. The van der Waals surface area contributed by atoms with E-state index in [-0.39, 0.29) is 16.7 Å². The minimum Gasteiger partial charge on any atom is -0.490 e. The molecule has 2 aromatic carbocycles. The van der Waals surface area contributed by atoms with Gasteiger partial charge >= 0.3 is 0 Å². The second kappa shape index (κ2) is 8.88. The van der Waals surface area contributed by atoms with Crippen molar-refractivity contribution >= 4 is 21.6 Å². The standard InChI is InChI=1S/C23H28N2O5S/c1-16-4-6-20(17(2)14-16)24-23(26)18-8-10-25(11-9-18)31(27,28)19-5-7-21-22(15-19)30-13-3-12-29-21/h4-7,14-15,18H,3,8-13H2,1-2H3,(H,24,26).